The molecule has 0 aromatic carbocycles. The van der Waals surface area contributed by atoms with Gasteiger partial charge in [0.05, 0.1) is 0 Å². The Morgan fingerprint density at radius 1 is 0.769 bits per heavy atom. The molecule has 2 fully saturated rings. The van der Waals surface area contributed by atoms with Crippen LogP contribution in [0.3, 0.4) is 0 Å². The summed E-state index contributed by atoms with van der Waals surface area (Å²) in [5.41, 5.74) is 0. The van der Waals surface area contributed by atoms with E-state index in [1.54, 1.807) is 0 Å². The molecule has 2 rings (SSSR count). The first-order valence-electron chi connectivity index (χ1n) is 5.29. The third kappa shape index (κ3) is 3.38. The van der Waals surface area contributed by atoms with E-state index >= 15 is 0 Å². The van der Waals surface area contributed by atoms with Crippen LogP contribution >= 0.6 is 0 Å². The summed E-state index contributed by atoms with van der Waals surface area (Å²) in [6.45, 7) is 7.09. The standard InChI is InChI=1S/C5H10N.C4H8NO.Sn/c1-2-4-6-5-3-1;1-3-6-4-2-5-1;/h1-5H2;1-4H2;/q2*-1;+2. The van der Waals surface area contributed by atoms with Gasteiger partial charge in [0, 0.05) is 0 Å². The second-order valence-electron chi connectivity index (χ2n) is 3.75. The predicted octanol–water partition coefficient (Wildman–Crippen LogP) is 0.339. The number of hydrogen-bond acceptors (Lipinski definition) is 3. The van der Waals surface area contributed by atoms with E-state index in [1.807, 2.05) is 0 Å². The molecule has 0 bridgehead atoms. The normalized spacial score (nSPS) is 27.7. The third-order valence-electron chi connectivity index (χ3n) is 2.65. The molecule has 2 saturated heterocycles. The summed E-state index contributed by atoms with van der Waals surface area (Å²) in [6.07, 6.45) is 4.33. The van der Waals surface area contributed by atoms with Crippen molar-refractivity contribution >= 4 is 21.7 Å². The quantitative estimate of drug-likeness (QED) is 0.682. The molecule has 4 heteroatoms. The van der Waals surface area contributed by atoms with E-state index in [9.17, 15) is 0 Å². The number of hydrogen-bond donors (Lipinski definition) is 0. The fourth-order valence-electron chi connectivity index (χ4n) is 1.86. The Hall–Kier alpha value is 0.679. The molecule has 0 amide bonds. The first-order valence-corrected chi connectivity index (χ1v) is 7.84. The van der Waals surface area contributed by atoms with Crippen LogP contribution in [-0.2, 0) is 4.74 Å². The monoisotopic (exact) mass is 290 g/mol. The van der Waals surface area contributed by atoms with Crippen molar-refractivity contribution in [2.45, 2.75) is 19.3 Å². The molecule has 0 aromatic heterocycles. The van der Waals surface area contributed by atoms with E-state index in [0.29, 0.717) is 0 Å². The van der Waals surface area contributed by atoms with Crippen molar-refractivity contribution in [2.24, 2.45) is 0 Å². The first-order chi connectivity index (χ1) is 6.45. The van der Waals surface area contributed by atoms with Gasteiger partial charge in [0.25, 0.3) is 0 Å². The van der Waals surface area contributed by atoms with E-state index in [0.717, 1.165) is 13.2 Å². The Morgan fingerprint density at radius 2 is 1.38 bits per heavy atom. The summed E-state index contributed by atoms with van der Waals surface area (Å²) >= 11 is -0.377. The molecule has 2 radical (unpaired) electrons. The fraction of sp³-hybridized carbons (Fsp3) is 1.00. The van der Waals surface area contributed by atoms with Crippen LogP contribution < -0.4 is 0 Å². The van der Waals surface area contributed by atoms with Gasteiger partial charge in [0.1, 0.15) is 0 Å². The average molecular weight is 289 g/mol. The van der Waals surface area contributed by atoms with Gasteiger partial charge in [-0.15, -0.1) is 0 Å². The molecule has 2 heterocycles. The Balaban J connectivity index is 1.69. The van der Waals surface area contributed by atoms with Crippen molar-refractivity contribution < 1.29 is 4.74 Å². The van der Waals surface area contributed by atoms with Gasteiger partial charge in [0.15, 0.2) is 0 Å². The maximum absolute atomic E-state index is 5.36. The summed E-state index contributed by atoms with van der Waals surface area (Å²) in [4.78, 5) is 0. The van der Waals surface area contributed by atoms with Crippen molar-refractivity contribution in [2.75, 3.05) is 39.4 Å². The molecule has 13 heavy (non-hydrogen) atoms. The molecular weight excluding hydrogens is 271 g/mol. The van der Waals surface area contributed by atoms with Gasteiger partial charge in [-0.05, 0) is 0 Å². The Bertz CT molecular complexity index is 129. The molecule has 0 spiro atoms. The number of ether oxygens (including phenoxy) is 1. The van der Waals surface area contributed by atoms with Gasteiger partial charge in [0.2, 0.25) is 0 Å². The number of nitrogens with zero attached hydrogens (tertiary/aromatic N) is 2. The molecule has 0 unspecified atom stereocenters. The van der Waals surface area contributed by atoms with E-state index in [-0.39, 0.29) is 21.7 Å². The fourth-order valence-corrected chi connectivity index (χ4v) is 5.56. The number of rotatable bonds is 2. The van der Waals surface area contributed by atoms with E-state index in [4.69, 9.17) is 4.74 Å². The van der Waals surface area contributed by atoms with Crippen molar-refractivity contribution in [3.8, 4) is 0 Å². The van der Waals surface area contributed by atoms with Crippen LogP contribution in [-0.4, -0.2) is 67.3 Å². The van der Waals surface area contributed by atoms with Gasteiger partial charge in [-0.25, -0.2) is 0 Å². The van der Waals surface area contributed by atoms with Crippen LogP contribution in [0.2, 0.25) is 0 Å². The average Bonchev–Trinajstić information content (AvgIpc) is 2.21. The minimum absolute atomic E-state index is 0.377. The predicted molar refractivity (Wildman–Crippen MR) is 53.6 cm³/mol. The van der Waals surface area contributed by atoms with Crippen LogP contribution in [0.4, 0.5) is 0 Å². The summed E-state index contributed by atoms with van der Waals surface area (Å²) < 4.78 is 10.8. The summed E-state index contributed by atoms with van der Waals surface area (Å²) in [5, 5.41) is 0. The second kappa shape index (κ2) is 5.53. The molecule has 0 atom stereocenters. The molecule has 2 aliphatic rings. The van der Waals surface area contributed by atoms with E-state index in [2.05, 4.69) is 6.24 Å². The maximum atomic E-state index is 5.36. The van der Waals surface area contributed by atoms with Crippen LogP contribution in [0.15, 0.2) is 0 Å². The minimum atomic E-state index is -0.377. The molecule has 74 valence electrons. The zero-order valence-corrected chi connectivity index (χ0v) is 11.0. The van der Waals surface area contributed by atoms with Gasteiger partial charge >= 0.3 is 91.3 Å². The third-order valence-corrected chi connectivity index (χ3v) is 6.82. The number of morpholine rings is 1. The first kappa shape index (κ1) is 10.2. The van der Waals surface area contributed by atoms with E-state index < -0.39 is 0 Å². The molecular formula is C9H18N2OSn. The van der Waals surface area contributed by atoms with Gasteiger partial charge in [-0.2, -0.15) is 0 Å². The van der Waals surface area contributed by atoms with Crippen LogP contribution in [0, 0.1) is 0 Å². The van der Waals surface area contributed by atoms with Crippen molar-refractivity contribution in [3.63, 3.8) is 0 Å². The Labute approximate surface area is 91.3 Å². The van der Waals surface area contributed by atoms with E-state index in [1.165, 1.54) is 45.4 Å². The SMILES string of the molecule is C1CC[N]([Sn][N]2CCOCC2)CC1. The molecule has 0 saturated carbocycles. The van der Waals surface area contributed by atoms with Gasteiger partial charge in [-0.3, -0.25) is 0 Å². The van der Waals surface area contributed by atoms with Gasteiger partial charge in [-0.1, -0.05) is 0 Å². The summed E-state index contributed by atoms with van der Waals surface area (Å²) in [5.74, 6) is 0. The summed E-state index contributed by atoms with van der Waals surface area (Å²) in [6, 6.07) is 0. The summed E-state index contributed by atoms with van der Waals surface area (Å²) in [7, 11) is 0. The zero-order valence-electron chi connectivity index (χ0n) is 8.17. The molecule has 0 aliphatic carbocycles. The van der Waals surface area contributed by atoms with Crippen molar-refractivity contribution in [1.29, 1.82) is 0 Å². The molecule has 0 N–H and O–H groups in total. The van der Waals surface area contributed by atoms with Crippen molar-refractivity contribution in [1.82, 2.24) is 6.24 Å². The van der Waals surface area contributed by atoms with Gasteiger partial charge < -0.3 is 0 Å². The Morgan fingerprint density at radius 3 is 2.08 bits per heavy atom. The van der Waals surface area contributed by atoms with Crippen LogP contribution in [0.1, 0.15) is 19.3 Å². The van der Waals surface area contributed by atoms with Crippen LogP contribution in [0.25, 0.3) is 0 Å². The molecule has 3 nitrogen and oxygen atoms in total. The molecule has 0 aromatic rings. The molecule has 2 aliphatic heterocycles. The second-order valence-corrected chi connectivity index (χ2v) is 7.93. The Kier molecular flexibility index (Phi) is 4.34. The van der Waals surface area contributed by atoms with Crippen molar-refractivity contribution in [3.05, 3.63) is 0 Å². The topological polar surface area (TPSA) is 15.7 Å². The number of piperidine rings is 1. The van der Waals surface area contributed by atoms with Crippen LogP contribution in [0.5, 0.6) is 0 Å². The zero-order chi connectivity index (χ0) is 8.93.